The minimum Gasteiger partial charge on any atom is -0.338 e. The molecule has 0 aromatic rings. The highest BCUT2D eigenvalue weighted by Gasteiger charge is 2.27. The number of allylic oxidation sites excluding steroid dienone is 3. The fourth-order valence-corrected chi connectivity index (χ4v) is 2.31. The standard InChI is InChI=1S/C19H33NO/c1-6-17(5)19(21)20(14-18-10-11-18)13-12-16(4)9-7-8-15(2)3/h8,12,17-18H,6-7,9-11,13-14H2,1-5H3/b16-12-. The summed E-state index contributed by atoms with van der Waals surface area (Å²) in [6.45, 7) is 12.4. The quantitative estimate of drug-likeness (QED) is 0.550. The second-order valence-corrected chi connectivity index (χ2v) is 6.87. The lowest BCUT2D eigenvalue weighted by molar-refractivity contribution is -0.134. The van der Waals surface area contributed by atoms with E-state index in [1.54, 1.807) is 0 Å². The van der Waals surface area contributed by atoms with Crippen LogP contribution in [0, 0.1) is 11.8 Å². The van der Waals surface area contributed by atoms with Crippen LogP contribution < -0.4 is 0 Å². The summed E-state index contributed by atoms with van der Waals surface area (Å²) in [5.41, 5.74) is 2.77. The van der Waals surface area contributed by atoms with Crippen LogP contribution in [0.4, 0.5) is 0 Å². The van der Waals surface area contributed by atoms with Gasteiger partial charge in [0.2, 0.25) is 5.91 Å². The number of rotatable bonds is 9. The Labute approximate surface area is 131 Å². The molecule has 1 saturated carbocycles. The van der Waals surface area contributed by atoms with Crippen molar-refractivity contribution < 1.29 is 4.79 Å². The maximum atomic E-state index is 12.4. The number of carbonyl (C=O) groups is 1. The van der Waals surface area contributed by atoms with E-state index in [0.717, 1.165) is 38.3 Å². The van der Waals surface area contributed by atoms with Gasteiger partial charge in [-0.2, -0.15) is 0 Å². The van der Waals surface area contributed by atoms with Gasteiger partial charge in [-0.1, -0.05) is 37.1 Å². The van der Waals surface area contributed by atoms with Gasteiger partial charge in [0.15, 0.2) is 0 Å². The van der Waals surface area contributed by atoms with Crippen LogP contribution in [0.25, 0.3) is 0 Å². The molecule has 2 heteroatoms. The van der Waals surface area contributed by atoms with E-state index in [2.05, 4.69) is 44.7 Å². The molecule has 0 heterocycles. The Hall–Kier alpha value is -1.05. The summed E-state index contributed by atoms with van der Waals surface area (Å²) in [5, 5.41) is 0. The summed E-state index contributed by atoms with van der Waals surface area (Å²) in [4.78, 5) is 14.5. The molecule has 0 radical (unpaired) electrons. The number of amides is 1. The molecule has 0 aromatic carbocycles. The van der Waals surface area contributed by atoms with E-state index in [4.69, 9.17) is 0 Å². The molecule has 0 bridgehead atoms. The minimum atomic E-state index is 0.156. The van der Waals surface area contributed by atoms with Crippen LogP contribution in [0.2, 0.25) is 0 Å². The molecule has 0 aromatic heterocycles. The third-order valence-electron chi connectivity index (χ3n) is 4.27. The zero-order valence-electron chi connectivity index (χ0n) is 14.6. The van der Waals surface area contributed by atoms with Crippen molar-refractivity contribution in [1.82, 2.24) is 4.90 Å². The van der Waals surface area contributed by atoms with Gasteiger partial charge < -0.3 is 4.90 Å². The molecule has 1 rings (SSSR count). The first-order valence-corrected chi connectivity index (χ1v) is 8.51. The maximum Gasteiger partial charge on any atom is 0.225 e. The van der Waals surface area contributed by atoms with E-state index in [0.29, 0.717) is 5.91 Å². The lowest BCUT2D eigenvalue weighted by Gasteiger charge is -2.24. The monoisotopic (exact) mass is 291 g/mol. The van der Waals surface area contributed by atoms with Crippen molar-refractivity contribution in [1.29, 1.82) is 0 Å². The summed E-state index contributed by atoms with van der Waals surface area (Å²) in [6, 6.07) is 0. The van der Waals surface area contributed by atoms with Gasteiger partial charge in [-0.25, -0.2) is 0 Å². The van der Waals surface area contributed by atoms with E-state index in [9.17, 15) is 4.79 Å². The fourth-order valence-electron chi connectivity index (χ4n) is 2.31. The van der Waals surface area contributed by atoms with Crippen molar-refractivity contribution in [2.45, 2.75) is 66.7 Å². The second kappa shape index (κ2) is 9.07. The molecule has 0 aliphatic heterocycles. The molecule has 21 heavy (non-hydrogen) atoms. The normalized spacial score (nSPS) is 16.5. The van der Waals surface area contributed by atoms with Gasteiger partial charge in [0.05, 0.1) is 0 Å². The van der Waals surface area contributed by atoms with Gasteiger partial charge in [0, 0.05) is 19.0 Å². The van der Waals surface area contributed by atoms with E-state index in [-0.39, 0.29) is 5.92 Å². The van der Waals surface area contributed by atoms with Crippen LogP contribution in [0.5, 0.6) is 0 Å². The van der Waals surface area contributed by atoms with E-state index < -0.39 is 0 Å². The number of nitrogens with zero attached hydrogens (tertiary/aromatic N) is 1. The Morgan fingerprint density at radius 3 is 2.43 bits per heavy atom. The van der Waals surface area contributed by atoms with Gasteiger partial charge >= 0.3 is 0 Å². The summed E-state index contributed by atoms with van der Waals surface area (Å²) >= 11 is 0. The van der Waals surface area contributed by atoms with Crippen LogP contribution in [0.3, 0.4) is 0 Å². The van der Waals surface area contributed by atoms with E-state index in [1.807, 2.05) is 6.92 Å². The molecule has 0 N–H and O–H groups in total. The number of carbonyl (C=O) groups excluding carboxylic acids is 1. The summed E-state index contributed by atoms with van der Waals surface area (Å²) in [6.07, 6.45) is 10.3. The zero-order chi connectivity index (χ0) is 15.8. The third kappa shape index (κ3) is 7.50. The zero-order valence-corrected chi connectivity index (χ0v) is 14.6. The van der Waals surface area contributed by atoms with Crippen molar-refractivity contribution in [3.05, 3.63) is 23.3 Å². The molecular weight excluding hydrogens is 258 g/mol. The van der Waals surface area contributed by atoms with Crippen molar-refractivity contribution in [2.24, 2.45) is 11.8 Å². The minimum absolute atomic E-state index is 0.156. The highest BCUT2D eigenvalue weighted by atomic mass is 16.2. The molecule has 1 unspecified atom stereocenters. The first-order chi connectivity index (χ1) is 9.93. The summed E-state index contributed by atoms with van der Waals surface area (Å²) in [7, 11) is 0. The van der Waals surface area contributed by atoms with Crippen molar-refractivity contribution in [3.63, 3.8) is 0 Å². The molecule has 1 amide bonds. The van der Waals surface area contributed by atoms with Gasteiger partial charge in [0.25, 0.3) is 0 Å². The SMILES string of the molecule is CCC(C)C(=O)N(C/C=C(/C)CCC=C(C)C)CC1CC1. The van der Waals surface area contributed by atoms with Crippen LogP contribution in [-0.4, -0.2) is 23.9 Å². The Morgan fingerprint density at radius 2 is 1.90 bits per heavy atom. The first kappa shape index (κ1) is 18.0. The third-order valence-corrected chi connectivity index (χ3v) is 4.27. The molecule has 1 aliphatic carbocycles. The molecule has 1 aliphatic rings. The fraction of sp³-hybridized carbons (Fsp3) is 0.737. The molecule has 2 nitrogen and oxygen atoms in total. The predicted molar refractivity (Wildman–Crippen MR) is 91.2 cm³/mol. The molecule has 120 valence electrons. The van der Waals surface area contributed by atoms with Crippen molar-refractivity contribution in [3.8, 4) is 0 Å². The Morgan fingerprint density at radius 1 is 1.24 bits per heavy atom. The maximum absolute atomic E-state index is 12.4. The second-order valence-electron chi connectivity index (χ2n) is 6.87. The highest BCUT2D eigenvalue weighted by molar-refractivity contribution is 5.78. The van der Waals surface area contributed by atoms with Crippen LogP contribution >= 0.6 is 0 Å². The largest absolute Gasteiger partial charge is 0.338 e. The number of hydrogen-bond donors (Lipinski definition) is 0. The van der Waals surface area contributed by atoms with Gasteiger partial charge in [-0.3, -0.25) is 4.79 Å². The van der Waals surface area contributed by atoms with Gasteiger partial charge in [0.1, 0.15) is 0 Å². The highest BCUT2D eigenvalue weighted by Crippen LogP contribution is 2.30. The smallest absolute Gasteiger partial charge is 0.225 e. The Kier molecular flexibility index (Phi) is 7.77. The molecular formula is C19H33NO. The summed E-state index contributed by atoms with van der Waals surface area (Å²) in [5.74, 6) is 1.25. The average Bonchev–Trinajstić information content (AvgIpc) is 3.25. The van der Waals surface area contributed by atoms with Gasteiger partial charge in [-0.05, 0) is 58.8 Å². The Balaban J connectivity index is 2.50. The lowest BCUT2D eigenvalue weighted by Crippen LogP contribution is -2.36. The molecule has 0 spiro atoms. The van der Waals surface area contributed by atoms with E-state index in [1.165, 1.54) is 24.0 Å². The summed E-state index contributed by atoms with van der Waals surface area (Å²) < 4.78 is 0. The van der Waals surface area contributed by atoms with Crippen LogP contribution in [0.15, 0.2) is 23.3 Å². The lowest BCUT2D eigenvalue weighted by atomic mass is 10.1. The molecule has 1 atom stereocenters. The predicted octanol–water partition coefficient (Wildman–Crippen LogP) is 4.96. The molecule has 0 saturated heterocycles. The molecule has 1 fully saturated rings. The van der Waals surface area contributed by atoms with Crippen molar-refractivity contribution in [2.75, 3.05) is 13.1 Å². The van der Waals surface area contributed by atoms with E-state index >= 15 is 0 Å². The van der Waals surface area contributed by atoms with Crippen LogP contribution in [-0.2, 0) is 4.79 Å². The van der Waals surface area contributed by atoms with Crippen molar-refractivity contribution >= 4 is 5.91 Å². The van der Waals surface area contributed by atoms with Crippen LogP contribution in [0.1, 0.15) is 66.7 Å². The Bertz CT molecular complexity index is 386. The topological polar surface area (TPSA) is 20.3 Å². The average molecular weight is 291 g/mol. The first-order valence-electron chi connectivity index (χ1n) is 8.51. The number of hydrogen-bond acceptors (Lipinski definition) is 1. The van der Waals surface area contributed by atoms with Gasteiger partial charge in [-0.15, -0.1) is 0 Å².